The molecule has 2 aromatic carbocycles. The SMILES string of the molecule is CN=C(NCCc1ccc(OCC(N)=O)cc1)NCc1ccccc1OC(F)(F)F. The van der Waals surface area contributed by atoms with Gasteiger partial charge in [0.25, 0.3) is 5.91 Å². The number of alkyl halides is 3. The van der Waals surface area contributed by atoms with Crippen LogP contribution in [0.1, 0.15) is 11.1 Å². The number of carbonyl (C=O) groups is 1. The summed E-state index contributed by atoms with van der Waals surface area (Å²) < 4.78 is 46.8. The first-order chi connectivity index (χ1) is 14.3. The molecule has 0 aliphatic carbocycles. The van der Waals surface area contributed by atoms with Gasteiger partial charge in [-0.1, -0.05) is 30.3 Å². The zero-order chi connectivity index (χ0) is 22.0. The lowest BCUT2D eigenvalue weighted by atomic mass is 10.1. The lowest BCUT2D eigenvalue weighted by Crippen LogP contribution is -2.38. The topological polar surface area (TPSA) is 98.0 Å². The maximum atomic E-state index is 12.5. The van der Waals surface area contributed by atoms with E-state index in [9.17, 15) is 18.0 Å². The van der Waals surface area contributed by atoms with E-state index in [2.05, 4.69) is 20.4 Å². The molecule has 0 unspecified atom stereocenters. The van der Waals surface area contributed by atoms with Crippen LogP contribution in [0.25, 0.3) is 0 Å². The minimum atomic E-state index is -4.75. The Morgan fingerprint density at radius 1 is 1.10 bits per heavy atom. The van der Waals surface area contributed by atoms with Crippen molar-refractivity contribution in [1.29, 1.82) is 0 Å². The number of aliphatic imine (C=N–C) groups is 1. The average Bonchev–Trinajstić information content (AvgIpc) is 2.69. The third kappa shape index (κ3) is 8.29. The number of halogens is 3. The normalized spacial score (nSPS) is 11.7. The second-order valence-electron chi connectivity index (χ2n) is 6.16. The van der Waals surface area contributed by atoms with Gasteiger partial charge in [-0.2, -0.15) is 0 Å². The van der Waals surface area contributed by atoms with Crippen LogP contribution in [0.4, 0.5) is 13.2 Å². The quantitative estimate of drug-likeness (QED) is 0.424. The molecule has 0 fully saturated rings. The Kier molecular flexibility index (Phi) is 8.33. The molecule has 0 aromatic heterocycles. The number of ether oxygens (including phenoxy) is 2. The highest BCUT2D eigenvalue weighted by Crippen LogP contribution is 2.26. The van der Waals surface area contributed by atoms with Crippen molar-refractivity contribution < 1.29 is 27.4 Å². The van der Waals surface area contributed by atoms with Crippen LogP contribution >= 0.6 is 0 Å². The molecule has 0 spiro atoms. The third-order valence-electron chi connectivity index (χ3n) is 3.88. The van der Waals surface area contributed by atoms with Crippen LogP contribution in [0.2, 0.25) is 0 Å². The number of carbonyl (C=O) groups excluding carboxylic acids is 1. The van der Waals surface area contributed by atoms with Gasteiger partial charge in [0.1, 0.15) is 11.5 Å². The van der Waals surface area contributed by atoms with Gasteiger partial charge in [0, 0.05) is 25.7 Å². The molecule has 0 radical (unpaired) electrons. The van der Waals surface area contributed by atoms with E-state index < -0.39 is 12.3 Å². The standard InChI is InChI=1S/C20H23F3N4O3/c1-25-19(27-12-15-4-2-3-5-17(15)30-20(21,22)23)26-11-10-14-6-8-16(9-7-14)29-13-18(24)28/h2-9H,10-13H2,1H3,(H2,24,28)(H2,25,26,27). The van der Waals surface area contributed by atoms with Crippen LogP contribution in [0.15, 0.2) is 53.5 Å². The van der Waals surface area contributed by atoms with E-state index in [0.717, 1.165) is 5.56 Å². The Labute approximate surface area is 172 Å². The Morgan fingerprint density at radius 3 is 2.43 bits per heavy atom. The number of hydrogen-bond donors (Lipinski definition) is 3. The van der Waals surface area contributed by atoms with Crippen molar-refractivity contribution in [3.8, 4) is 11.5 Å². The molecule has 0 saturated heterocycles. The Hall–Kier alpha value is -3.43. The highest BCUT2D eigenvalue weighted by Gasteiger charge is 2.31. The van der Waals surface area contributed by atoms with Crippen LogP contribution in [-0.4, -0.2) is 38.4 Å². The molecule has 0 bridgehead atoms. The van der Waals surface area contributed by atoms with Gasteiger partial charge in [-0.05, 0) is 30.2 Å². The number of rotatable bonds is 9. The van der Waals surface area contributed by atoms with Crippen molar-refractivity contribution in [2.75, 3.05) is 20.2 Å². The van der Waals surface area contributed by atoms with Crippen molar-refractivity contribution in [3.05, 3.63) is 59.7 Å². The van der Waals surface area contributed by atoms with Crippen molar-refractivity contribution in [3.63, 3.8) is 0 Å². The van der Waals surface area contributed by atoms with E-state index in [1.165, 1.54) is 12.1 Å². The minimum Gasteiger partial charge on any atom is -0.484 e. The number of para-hydroxylation sites is 1. The van der Waals surface area contributed by atoms with Gasteiger partial charge >= 0.3 is 6.36 Å². The van der Waals surface area contributed by atoms with Gasteiger partial charge in [0.05, 0.1) is 0 Å². The van der Waals surface area contributed by atoms with Gasteiger partial charge in [0.2, 0.25) is 0 Å². The van der Waals surface area contributed by atoms with E-state index in [-0.39, 0.29) is 18.9 Å². The predicted molar refractivity (Wildman–Crippen MR) is 106 cm³/mol. The molecule has 0 atom stereocenters. The average molecular weight is 424 g/mol. The van der Waals surface area contributed by atoms with E-state index >= 15 is 0 Å². The monoisotopic (exact) mass is 424 g/mol. The number of nitrogens with zero attached hydrogens (tertiary/aromatic N) is 1. The minimum absolute atomic E-state index is 0.109. The first-order valence-corrected chi connectivity index (χ1v) is 9.05. The van der Waals surface area contributed by atoms with Gasteiger partial charge in [-0.3, -0.25) is 9.79 Å². The summed E-state index contributed by atoms with van der Waals surface area (Å²) in [5, 5.41) is 6.06. The lowest BCUT2D eigenvalue weighted by Gasteiger charge is -2.15. The van der Waals surface area contributed by atoms with Crippen molar-refractivity contribution in [2.45, 2.75) is 19.3 Å². The summed E-state index contributed by atoms with van der Waals surface area (Å²) in [6.07, 6.45) is -4.08. The first kappa shape index (κ1) is 22.9. The molecule has 2 rings (SSSR count). The van der Waals surface area contributed by atoms with Crippen molar-refractivity contribution >= 4 is 11.9 Å². The smallest absolute Gasteiger partial charge is 0.484 e. The van der Waals surface area contributed by atoms with E-state index in [0.29, 0.717) is 30.2 Å². The van der Waals surface area contributed by atoms with E-state index in [1.807, 2.05) is 12.1 Å². The Balaban J connectivity index is 1.81. The van der Waals surface area contributed by atoms with Gasteiger partial charge in [0.15, 0.2) is 12.6 Å². The van der Waals surface area contributed by atoms with Gasteiger partial charge in [-0.25, -0.2) is 0 Å². The molecule has 10 heteroatoms. The summed E-state index contributed by atoms with van der Waals surface area (Å²) in [6, 6.07) is 13.1. The molecule has 2 aromatic rings. The summed E-state index contributed by atoms with van der Waals surface area (Å²) in [5.74, 6) is 0.183. The molecule has 162 valence electrons. The summed E-state index contributed by atoms with van der Waals surface area (Å²) in [7, 11) is 1.57. The van der Waals surface area contributed by atoms with E-state index in [4.69, 9.17) is 10.5 Å². The van der Waals surface area contributed by atoms with Gasteiger partial charge in [-0.15, -0.1) is 13.2 Å². The van der Waals surface area contributed by atoms with Crippen LogP contribution < -0.4 is 25.8 Å². The number of nitrogens with two attached hydrogens (primary N) is 1. The Morgan fingerprint density at radius 2 is 1.80 bits per heavy atom. The molecule has 0 aliphatic heterocycles. The highest BCUT2D eigenvalue weighted by molar-refractivity contribution is 5.79. The second-order valence-corrected chi connectivity index (χ2v) is 6.16. The van der Waals surface area contributed by atoms with Crippen LogP contribution in [0.5, 0.6) is 11.5 Å². The first-order valence-electron chi connectivity index (χ1n) is 9.05. The fourth-order valence-corrected chi connectivity index (χ4v) is 2.51. The number of guanidine groups is 1. The second kappa shape index (κ2) is 10.9. The molecule has 30 heavy (non-hydrogen) atoms. The Bertz CT molecular complexity index is 855. The molecule has 0 saturated carbocycles. The van der Waals surface area contributed by atoms with E-state index in [1.54, 1.807) is 31.3 Å². The van der Waals surface area contributed by atoms with Crippen LogP contribution in [0, 0.1) is 0 Å². The predicted octanol–water partition coefficient (Wildman–Crippen LogP) is 2.36. The summed E-state index contributed by atoms with van der Waals surface area (Å²) in [4.78, 5) is 14.8. The van der Waals surface area contributed by atoms with Crippen LogP contribution in [-0.2, 0) is 17.8 Å². The van der Waals surface area contributed by atoms with Crippen molar-refractivity contribution in [2.24, 2.45) is 10.7 Å². The molecule has 1 amide bonds. The zero-order valence-electron chi connectivity index (χ0n) is 16.3. The number of nitrogens with one attached hydrogen (secondary N) is 2. The number of amides is 1. The molecule has 0 aliphatic rings. The summed E-state index contributed by atoms with van der Waals surface area (Å²) in [6.45, 7) is 0.472. The molecule has 0 heterocycles. The largest absolute Gasteiger partial charge is 0.573 e. The zero-order valence-corrected chi connectivity index (χ0v) is 16.3. The van der Waals surface area contributed by atoms with Gasteiger partial charge < -0.3 is 25.8 Å². The number of hydrogen-bond acceptors (Lipinski definition) is 4. The third-order valence-corrected chi connectivity index (χ3v) is 3.88. The van der Waals surface area contributed by atoms with Crippen molar-refractivity contribution in [1.82, 2.24) is 10.6 Å². The molecule has 7 nitrogen and oxygen atoms in total. The maximum Gasteiger partial charge on any atom is 0.573 e. The number of primary amides is 1. The summed E-state index contributed by atoms with van der Waals surface area (Å²) >= 11 is 0. The summed E-state index contributed by atoms with van der Waals surface area (Å²) in [5.41, 5.74) is 6.40. The maximum absolute atomic E-state index is 12.5. The molecular formula is C20H23F3N4O3. The highest BCUT2D eigenvalue weighted by atomic mass is 19.4. The fourth-order valence-electron chi connectivity index (χ4n) is 2.51. The fraction of sp³-hybridized carbons (Fsp3) is 0.300. The lowest BCUT2D eigenvalue weighted by molar-refractivity contribution is -0.274. The van der Waals surface area contributed by atoms with Crippen LogP contribution in [0.3, 0.4) is 0 Å². The molecule has 4 N–H and O–H groups in total. The number of benzene rings is 2. The molecular weight excluding hydrogens is 401 g/mol.